The van der Waals surface area contributed by atoms with Gasteiger partial charge < -0.3 is 39.9 Å². The van der Waals surface area contributed by atoms with Gasteiger partial charge in [0.2, 0.25) is 0 Å². The lowest BCUT2D eigenvalue weighted by molar-refractivity contribution is 0.627. The van der Waals surface area contributed by atoms with Gasteiger partial charge in [-0.25, -0.2) is 28.7 Å². The van der Waals surface area contributed by atoms with Gasteiger partial charge in [-0.3, -0.25) is 9.97 Å². The summed E-state index contributed by atoms with van der Waals surface area (Å²) in [6.45, 7) is 4.15. The molecule has 14 aromatic heterocycles. The number of thiophene rings is 4. The Morgan fingerprint density at radius 3 is 1.11 bits per heavy atom. The Hall–Kier alpha value is -11.8. The van der Waals surface area contributed by atoms with Crippen LogP contribution in [0.25, 0.3) is 176 Å². The number of rotatable bonds is 12. The van der Waals surface area contributed by atoms with Crippen molar-refractivity contribution in [3.8, 4) is 133 Å². The van der Waals surface area contributed by atoms with Crippen molar-refractivity contribution < 1.29 is 8.78 Å². The highest BCUT2D eigenvalue weighted by Crippen LogP contribution is 2.44. The highest BCUT2D eigenvalue weighted by molar-refractivity contribution is 9.10. The third-order valence-corrected chi connectivity index (χ3v) is 22.6. The minimum Gasteiger partial charge on any atom is -0.360 e. The molecule has 6 aromatic carbocycles. The molecule has 8 N–H and O–H groups in total. The highest BCUT2D eigenvalue weighted by Gasteiger charge is 2.24. The van der Waals surface area contributed by atoms with Gasteiger partial charge in [-0.2, -0.15) is 0 Å². The summed E-state index contributed by atoms with van der Waals surface area (Å²) in [6, 6.07) is 66.2. The third-order valence-electron chi connectivity index (χ3n) is 18.1. The number of aromatic nitrogens is 14. The van der Waals surface area contributed by atoms with Crippen molar-refractivity contribution >= 4 is 121 Å². The molecule has 14 heterocycles. The molecule has 0 aliphatic rings. The molecule has 0 bridgehead atoms. The average molecular weight is 1590 g/mol. The van der Waals surface area contributed by atoms with Crippen molar-refractivity contribution in [2.75, 3.05) is 0 Å². The van der Waals surface area contributed by atoms with E-state index in [0.29, 0.717) is 0 Å². The number of pyridine rings is 2. The molecule has 0 unspecified atom stereocenters. The summed E-state index contributed by atoms with van der Waals surface area (Å²) in [7, 11) is 0. The monoisotopic (exact) mass is 1590 g/mol. The van der Waals surface area contributed by atoms with Crippen molar-refractivity contribution in [2.45, 2.75) is 13.8 Å². The van der Waals surface area contributed by atoms with Gasteiger partial charge in [0, 0.05) is 146 Å². The smallest absolute Gasteiger partial charge is 0.141 e. The zero-order valence-corrected chi connectivity index (χ0v) is 62.7. The van der Waals surface area contributed by atoms with Crippen LogP contribution in [-0.4, -0.2) is 69.8 Å². The number of benzene rings is 6. The van der Waals surface area contributed by atoms with Crippen molar-refractivity contribution in [1.29, 1.82) is 0 Å². The van der Waals surface area contributed by atoms with Gasteiger partial charge in [0.25, 0.3) is 0 Å². The maximum atomic E-state index is 13.4. The van der Waals surface area contributed by atoms with Gasteiger partial charge in [0.05, 0.1) is 53.7 Å². The van der Waals surface area contributed by atoms with E-state index >= 15 is 0 Å². The number of imidazole rings is 4. The van der Waals surface area contributed by atoms with E-state index in [1.54, 1.807) is 94.4 Å². The minimum absolute atomic E-state index is 0.266. The van der Waals surface area contributed by atoms with Crippen molar-refractivity contribution in [3.63, 3.8) is 0 Å². The Morgan fingerprint density at radius 2 is 0.689 bits per heavy atom. The second-order valence-corrected chi connectivity index (χ2v) is 30.4. The third kappa shape index (κ3) is 13.5. The molecule has 20 rings (SSSR count). The summed E-state index contributed by atoms with van der Waals surface area (Å²) in [4.78, 5) is 60.3. The number of aromatic amines is 8. The van der Waals surface area contributed by atoms with E-state index in [0.717, 1.165) is 172 Å². The van der Waals surface area contributed by atoms with E-state index in [1.165, 1.54) is 49.2 Å². The molecule has 0 radical (unpaired) electrons. The topological polar surface area (TPSA) is 204 Å². The fraction of sp³-hybridized carbons (Fsp3) is 0.0238. The lowest BCUT2D eigenvalue weighted by Crippen LogP contribution is -1.84. The first-order valence-electron chi connectivity index (χ1n) is 33.6. The van der Waals surface area contributed by atoms with E-state index in [1.807, 2.05) is 73.9 Å². The van der Waals surface area contributed by atoms with Gasteiger partial charge in [0.15, 0.2) is 0 Å². The Kier molecular flexibility index (Phi) is 18.7. The molecule has 22 heteroatoms. The summed E-state index contributed by atoms with van der Waals surface area (Å²) >= 11 is 14.0. The molecule has 14 nitrogen and oxygen atoms in total. The predicted octanol–water partition coefficient (Wildman–Crippen LogP) is 25.0. The second-order valence-electron chi connectivity index (χ2n) is 24.8. The number of nitrogens with one attached hydrogen (secondary N) is 8. The SMILES string of the molecule is Brc1ccc2[nH]cc(-c3nc(-c4cccs4)c(-c4cccs4)[nH]3)c2c1.Cc1[nH]c2ccccc2c1-c1nc(-c2ccc(F)cc2)c(-c2ccncc2)[nH]1.Cc1[nH]c2ccccc2c1-c1nc(-c2cccs2)c(-c2cccs2)[nH]1.Fc1ccc(-c2nc(-c3c[nH]c4ccc(Br)cc34)[nH]c2-c2ccncc2)cc1. The number of hydrogen-bond acceptors (Lipinski definition) is 10. The Morgan fingerprint density at radius 1 is 0.321 bits per heavy atom. The lowest BCUT2D eigenvalue weighted by Gasteiger charge is -2.02. The van der Waals surface area contributed by atoms with Gasteiger partial charge >= 0.3 is 0 Å². The van der Waals surface area contributed by atoms with E-state index < -0.39 is 0 Å². The normalized spacial score (nSPS) is 11.3. The first-order chi connectivity index (χ1) is 52.0. The molecule has 0 aliphatic carbocycles. The van der Waals surface area contributed by atoms with Crippen LogP contribution < -0.4 is 0 Å². The van der Waals surface area contributed by atoms with Crippen LogP contribution >= 0.6 is 77.2 Å². The highest BCUT2D eigenvalue weighted by atomic mass is 79.9. The van der Waals surface area contributed by atoms with Crippen LogP contribution in [0.5, 0.6) is 0 Å². The Bertz CT molecular complexity index is 6300. The molecule has 0 amide bonds. The first-order valence-corrected chi connectivity index (χ1v) is 38.7. The zero-order chi connectivity index (χ0) is 71.8. The number of para-hydroxylation sites is 2. The average Bonchev–Trinajstić information content (AvgIpc) is 1.63. The number of H-pyrrole nitrogens is 8. The Balaban J connectivity index is 0.000000104. The van der Waals surface area contributed by atoms with Crippen LogP contribution in [0, 0.1) is 25.5 Å². The largest absolute Gasteiger partial charge is 0.360 e. The minimum atomic E-state index is -0.272. The molecule has 0 fully saturated rings. The first kappa shape index (κ1) is 67.4. The van der Waals surface area contributed by atoms with Crippen molar-refractivity contribution in [2.24, 2.45) is 0 Å². The van der Waals surface area contributed by atoms with Crippen LogP contribution in [0.2, 0.25) is 0 Å². The number of fused-ring (bicyclic) bond motifs is 4. The summed E-state index contributed by atoms with van der Waals surface area (Å²) in [5, 5.41) is 12.9. The van der Waals surface area contributed by atoms with Crippen LogP contribution in [0.4, 0.5) is 8.78 Å². The predicted molar refractivity (Wildman–Crippen MR) is 439 cm³/mol. The lowest BCUT2D eigenvalue weighted by atomic mass is 10.1. The summed E-state index contributed by atoms with van der Waals surface area (Å²) < 4.78 is 28.9. The molecule has 516 valence electrons. The van der Waals surface area contributed by atoms with E-state index in [4.69, 9.17) is 19.9 Å². The second kappa shape index (κ2) is 29.4. The van der Waals surface area contributed by atoms with Gasteiger partial charge in [-0.1, -0.05) is 92.5 Å². The molecular weight excluding hydrogens is 1530 g/mol. The molecule has 0 saturated heterocycles. The standard InChI is InChI=1S/C23H17FN4.C22H14BrFN4.C20H15N3S2.C19H12BrN3S2/c1-14-20(18-4-2-3-5-19(18)26-14)23-27-21(15-6-8-17(24)9-7-15)22(28-23)16-10-12-25-13-11-16;23-15-3-6-19-17(11-15)18(12-26-19)22-27-20(13-1-4-16(24)5-2-13)21(28-22)14-7-9-25-10-8-14;1-12-17(13-6-2-3-7-14(13)21-12)20-22-18(15-8-4-10-24-15)19(23-20)16-9-5-11-25-16;20-11-5-6-14-12(9-11)13(10-21-14)19-22-17(15-3-1-7-24-15)18(23-19)16-4-2-8-25-16/h2-13,26H,1H3,(H,27,28);1-12,26H,(H,27,28);2-11,21H,1H3,(H,22,23);1-10,21H,(H,22,23). The van der Waals surface area contributed by atoms with Crippen LogP contribution in [0.15, 0.2) is 274 Å². The summed E-state index contributed by atoms with van der Waals surface area (Å²) in [5.41, 5.74) is 21.9. The number of nitrogens with zero attached hydrogens (tertiary/aromatic N) is 6. The van der Waals surface area contributed by atoms with Gasteiger partial charge in [0.1, 0.15) is 46.3 Å². The van der Waals surface area contributed by atoms with Gasteiger partial charge in [-0.05, 0) is 181 Å². The molecule has 106 heavy (non-hydrogen) atoms. The van der Waals surface area contributed by atoms with Crippen LogP contribution in [-0.2, 0) is 0 Å². The van der Waals surface area contributed by atoms with E-state index in [2.05, 4.69) is 213 Å². The quantitative estimate of drug-likeness (QED) is 0.0597. The van der Waals surface area contributed by atoms with E-state index in [9.17, 15) is 8.78 Å². The molecule has 0 aliphatic heterocycles. The molecule has 0 saturated carbocycles. The fourth-order valence-electron chi connectivity index (χ4n) is 13.2. The molecule has 0 atom stereocenters. The van der Waals surface area contributed by atoms with Crippen LogP contribution in [0.3, 0.4) is 0 Å². The Labute approximate surface area is 637 Å². The molecule has 0 spiro atoms. The van der Waals surface area contributed by atoms with Crippen molar-refractivity contribution in [3.05, 3.63) is 297 Å². The maximum Gasteiger partial charge on any atom is 0.141 e. The van der Waals surface area contributed by atoms with E-state index in [-0.39, 0.29) is 11.6 Å². The number of hydrogen-bond donors (Lipinski definition) is 8. The van der Waals surface area contributed by atoms with Gasteiger partial charge in [-0.15, -0.1) is 45.3 Å². The molecular formula is C84H58Br2F2N14S4. The summed E-state index contributed by atoms with van der Waals surface area (Å²) in [6.07, 6.45) is 11.0. The summed E-state index contributed by atoms with van der Waals surface area (Å²) in [5.74, 6) is 2.79. The maximum absolute atomic E-state index is 13.4. The van der Waals surface area contributed by atoms with Crippen LogP contribution in [0.1, 0.15) is 11.4 Å². The molecule has 20 aromatic rings. The number of aryl methyl sites for hydroxylation is 2. The van der Waals surface area contributed by atoms with Crippen molar-refractivity contribution in [1.82, 2.24) is 69.8 Å². The fourth-order valence-corrected chi connectivity index (χ4v) is 16.8. The number of halogens is 4. The zero-order valence-electron chi connectivity index (χ0n) is 56.2.